The number of nitrogens with zero attached hydrogens (tertiary/aromatic N) is 3. The third-order valence-corrected chi connectivity index (χ3v) is 4.05. The lowest BCUT2D eigenvalue weighted by Gasteiger charge is -2.10. The van der Waals surface area contributed by atoms with E-state index in [1.54, 1.807) is 43.0 Å². The monoisotopic (exact) mass is 377 g/mol. The Morgan fingerprint density at radius 2 is 1.79 bits per heavy atom. The fourth-order valence-corrected chi connectivity index (χ4v) is 2.64. The van der Waals surface area contributed by atoms with E-state index in [1.165, 1.54) is 0 Å². The number of ether oxygens (including phenoxy) is 3. The average Bonchev–Trinajstić information content (AvgIpc) is 3.07. The summed E-state index contributed by atoms with van der Waals surface area (Å²) in [5, 5.41) is 13.8. The van der Waals surface area contributed by atoms with Crippen LogP contribution in [0.15, 0.2) is 54.6 Å². The molecule has 7 heteroatoms. The van der Waals surface area contributed by atoms with Gasteiger partial charge in [0.15, 0.2) is 6.61 Å². The normalized spacial score (nSPS) is 10.2. The molecule has 0 amide bonds. The number of rotatable bonds is 7. The van der Waals surface area contributed by atoms with E-state index in [-0.39, 0.29) is 13.2 Å². The van der Waals surface area contributed by atoms with Crippen molar-refractivity contribution < 1.29 is 19.0 Å². The van der Waals surface area contributed by atoms with Gasteiger partial charge in [0.05, 0.1) is 24.2 Å². The van der Waals surface area contributed by atoms with Crippen molar-refractivity contribution in [2.75, 3.05) is 13.7 Å². The highest BCUT2D eigenvalue weighted by Gasteiger charge is 2.18. The van der Waals surface area contributed by atoms with Gasteiger partial charge in [-0.25, -0.2) is 9.48 Å². The standard InChI is InChI=1S/C21H19N3O4/c1-15-19(12-22)20(24(23-15)16-6-4-3-5-7-16)13-28-21(25)14-27-18-10-8-17(26-2)9-11-18/h3-11H,13-14H2,1-2H3. The summed E-state index contributed by atoms with van der Waals surface area (Å²) in [7, 11) is 1.57. The quantitative estimate of drug-likeness (QED) is 0.588. The Hall–Kier alpha value is -3.79. The van der Waals surface area contributed by atoms with E-state index in [9.17, 15) is 10.1 Å². The van der Waals surface area contributed by atoms with Gasteiger partial charge in [0.25, 0.3) is 0 Å². The Labute approximate surface area is 162 Å². The Morgan fingerprint density at radius 1 is 1.11 bits per heavy atom. The van der Waals surface area contributed by atoms with Crippen molar-refractivity contribution in [2.24, 2.45) is 0 Å². The maximum absolute atomic E-state index is 12.1. The molecule has 0 radical (unpaired) electrons. The van der Waals surface area contributed by atoms with Gasteiger partial charge in [0.1, 0.15) is 29.7 Å². The van der Waals surface area contributed by atoms with Crippen molar-refractivity contribution in [1.82, 2.24) is 9.78 Å². The summed E-state index contributed by atoms with van der Waals surface area (Å²) < 4.78 is 17.4. The number of para-hydroxylation sites is 1. The van der Waals surface area contributed by atoms with E-state index >= 15 is 0 Å². The molecule has 1 heterocycles. The van der Waals surface area contributed by atoms with Crippen molar-refractivity contribution in [3.63, 3.8) is 0 Å². The summed E-state index contributed by atoms with van der Waals surface area (Å²) in [5.74, 6) is 0.683. The predicted molar refractivity (Wildman–Crippen MR) is 101 cm³/mol. The van der Waals surface area contributed by atoms with Crippen LogP contribution in [0, 0.1) is 18.3 Å². The van der Waals surface area contributed by atoms with Crippen LogP contribution in [0.25, 0.3) is 5.69 Å². The zero-order chi connectivity index (χ0) is 19.9. The molecule has 0 saturated carbocycles. The van der Waals surface area contributed by atoms with Gasteiger partial charge in [-0.1, -0.05) is 18.2 Å². The van der Waals surface area contributed by atoms with Crippen LogP contribution in [0.4, 0.5) is 0 Å². The smallest absolute Gasteiger partial charge is 0.344 e. The molecule has 0 fully saturated rings. The number of benzene rings is 2. The summed E-state index contributed by atoms with van der Waals surface area (Å²) in [6, 6.07) is 18.4. The minimum Gasteiger partial charge on any atom is -0.497 e. The minimum absolute atomic E-state index is 0.0799. The minimum atomic E-state index is -0.543. The first-order valence-corrected chi connectivity index (χ1v) is 8.59. The Bertz CT molecular complexity index is 989. The second-order valence-electron chi connectivity index (χ2n) is 5.89. The molecule has 1 aromatic heterocycles. The van der Waals surface area contributed by atoms with E-state index < -0.39 is 5.97 Å². The summed E-state index contributed by atoms with van der Waals surface area (Å²) in [4.78, 5) is 12.1. The summed E-state index contributed by atoms with van der Waals surface area (Å²) in [6.45, 7) is 1.42. The molecule has 0 spiro atoms. The van der Waals surface area contributed by atoms with Gasteiger partial charge in [-0.2, -0.15) is 10.4 Å². The molecule has 3 aromatic rings. The molecule has 2 aromatic carbocycles. The number of carbonyl (C=O) groups is 1. The van der Waals surface area contributed by atoms with Crippen LogP contribution < -0.4 is 9.47 Å². The molecular formula is C21H19N3O4. The third-order valence-electron chi connectivity index (χ3n) is 4.05. The second kappa shape index (κ2) is 8.73. The van der Waals surface area contributed by atoms with Crippen LogP contribution in [0.3, 0.4) is 0 Å². The average molecular weight is 377 g/mol. The van der Waals surface area contributed by atoms with Crippen LogP contribution in [0.5, 0.6) is 11.5 Å². The summed E-state index contributed by atoms with van der Waals surface area (Å²) in [5.41, 5.74) is 2.27. The maximum Gasteiger partial charge on any atom is 0.344 e. The number of hydrogen-bond donors (Lipinski definition) is 0. The molecule has 0 atom stereocenters. The van der Waals surface area contributed by atoms with Gasteiger partial charge in [0, 0.05) is 0 Å². The first-order chi connectivity index (χ1) is 13.6. The van der Waals surface area contributed by atoms with Gasteiger partial charge in [-0.15, -0.1) is 0 Å². The van der Waals surface area contributed by atoms with E-state index in [1.807, 2.05) is 30.3 Å². The first-order valence-electron chi connectivity index (χ1n) is 8.59. The van der Waals surface area contributed by atoms with Crippen molar-refractivity contribution in [2.45, 2.75) is 13.5 Å². The fourth-order valence-electron chi connectivity index (χ4n) is 2.64. The predicted octanol–water partition coefficient (Wildman–Crippen LogP) is 3.18. The number of methoxy groups -OCH3 is 1. The van der Waals surface area contributed by atoms with Gasteiger partial charge in [-0.3, -0.25) is 0 Å². The number of hydrogen-bond acceptors (Lipinski definition) is 6. The topological polar surface area (TPSA) is 86.4 Å². The van der Waals surface area contributed by atoms with Crippen molar-refractivity contribution in [1.29, 1.82) is 5.26 Å². The van der Waals surface area contributed by atoms with E-state index in [4.69, 9.17) is 14.2 Å². The molecular weight excluding hydrogens is 358 g/mol. The maximum atomic E-state index is 12.1. The highest BCUT2D eigenvalue weighted by Crippen LogP contribution is 2.20. The SMILES string of the molecule is COc1ccc(OCC(=O)OCc2c(C#N)c(C)nn2-c2ccccc2)cc1. The fraction of sp³-hybridized carbons (Fsp3) is 0.190. The Balaban J connectivity index is 1.66. The molecule has 0 N–H and O–H groups in total. The van der Waals surface area contributed by atoms with Crippen LogP contribution in [-0.2, 0) is 16.1 Å². The van der Waals surface area contributed by atoms with Crippen LogP contribution >= 0.6 is 0 Å². The largest absolute Gasteiger partial charge is 0.497 e. The zero-order valence-electron chi connectivity index (χ0n) is 15.6. The highest BCUT2D eigenvalue weighted by atomic mass is 16.6. The van der Waals surface area contributed by atoms with Crippen molar-refractivity contribution in [3.05, 3.63) is 71.5 Å². The Morgan fingerprint density at radius 3 is 2.43 bits per heavy atom. The lowest BCUT2D eigenvalue weighted by molar-refractivity contribution is -0.147. The first kappa shape index (κ1) is 19.0. The molecule has 0 aliphatic rings. The highest BCUT2D eigenvalue weighted by molar-refractivity contribution is 5.71. The summed E-state index contributed by atoms with van der Waals surface area (Å²) >= 11 is 0. The molecule has 0 unspecified atom stereocenters. The third kappa shape index (κ3) is 4.30. The van der Waals surface area contributed by atoms with Crippen molar-refractivity contribution >= 4 is 5.97 Å². The molecule has 0 aliphatic heterocycles. The Kier molecular flexibility index (Phi) is 5.92. The molecule has 0 saturated heterocycles. The molecule has 28 heavy (non-hydrogen) atoms. The molecule has 7 nitrogen and oxygen atoms in total. The number of carbonyl (C=O) groups excluding carboxylic acids is 1. The van der Waals surface area contributed by atoms with Gasteiger partial charge >= 0.3 is 5.97 Å². The van der Waals surface area contributed by atoms with Gasteiger partial charge in [0.2, 0.25) is 0 Å². The van der Waals surface area contributed by atoms with E-state index in [0.717, 1.165) is 5.69 Å². The number of aromatic nitrogens is 2. The van der Waals surface area contributed by atoms with E-state index in [2.05, 4.69) is 11.2 Å². The van der Waals surface area contributed by atoms with Gasteiger partial charge in [-0.05, 0) is 43.3 Å². The van der Waals surface area contributed by atoms with Crippen LogP contribution in [-0.4, -0.2) is 29.5 Å². The number of aryl methyl sites for hydroxylation is 1. The van der Waals surface area contributed by atoms with Crippen LogP contribution in [0.1, 0.15) is 17.0 Å². The van der Waals surface area contributed by atoms with Gasteiger partial charge < -0.3 is 14.2 Å². The molecule has 0 bridgehead atoms. The second-order valence-corrected chi connectivity index (χ2v) is 5.89. The number of esters is 1. The number of nitriles is 1. The molecule has 142 valence electrons. The lowest BCUT2D eigenvalue weighted by Crippen LogP contribution is -2.16. The zero-order valence-corrected chi connectivity index (χ0v) is 15.6. The lowest BCUT2D eigenvalue weighted by atomic mass is 10.2. The van der Waals surface area contributed by atoms with Crippen molar-refractivity contribution in [3.8, 4) is 23.3 Å². The van der Waals surface area contributed by atoms with Crippen LogP contribution in [0.2, 0.25) is 0 Å². The molecule has 3 rings (SSSR count). The molecule has 0 aliphatic carbocycles. The summed E-state index contributed by atoms with van der Waals surface area (Å²) in [6.07, 6.45) is 0. The van der Waals surface area contributed by atoms with E-state index in [0.29, 0.717) is 28.5 Å².